The molecule has 9 heteroatoms. The molecule has 136 valence electrons. The summed E-state index contributed by atoms with van der Waals surface area (Å²) in [4.78, 5) is 33.9. The summed E-state index contributed by atoms with van der Waals surface area (Å²) in [6.45, 7) is 1.18. The van der Waals surface area contributed by atoms with E-state index in [-0.39, 0.29) is 10.6 Å². The summed E-state index contributed by atoms with van der Waals surface area (Å²) >= 11 is 5.68. The van der Waals surface area contributed by atoms with E-state index in [9.17, 15) is 24.1 Å². The summed E-state index contributed by atoms with van der Waals surface area (Å²) in [5.74, 6) is -1.80. The number of nitrogens with zero attached hydrogens (tertiary/aromatic N) is 1. The summed E-state index contributed by atoms with van der Waals surface area (Å²) in [6.07, 6.45) is -0.628. The standard InChI is InChI=1S/C17H14ClFN2O5/c1-10(11-2-5-13(19)6-3-11)26-16(22)9-20-17(23)12-4-7-14(18)15(8-12)21(24)25/h2-8,10H,9H2,1H3,(H,20,23)/t10-/m1/s1. The highest BCUT2D eigenvalue weighted by atomic mass is 35.5. The van der Waals surface area contributed by atoms with Crippen LogP contribution in [0.4, 0.5) is 10.1 Å². The van der Waals surface area contributed by atoms with Crippen molar-refractivity contribution < 1.29 is 23.6 Å². The van der Waals surface area contributed by atoms with Crippen molar-refractivity contribution in [2.24, 2.45) is 0 Å². The van der Waals surface area contributed by atoms with Crippen LogP contribution in [0.1, 0.15) is 28.9 Å². The molecule has 2 aromatic rings. The Hall–Kier alpha value is -3.00. The van der Waals surface area contributed by atoms with Crippen LogP contribution < -0.4 is 5.32 Å². The molecular weight excluding hydrogens is 367 g/mol. The first-order chi connectivity index (χ1) is 12.3. The van der Waals surface area contributed by atoms with Gasteiger partial charge in [0, 0.05) is 11.6 Å². The molecule has 26 heavy (non-hydrogen) atoms. The number of nitro groups is 1. The third-order valence-electron chi connectivity index (χ3n) is 3.45. The third kappa shape index (κ3) is 5.00. The SMILES string of the molecule is C[C@@H](OC(=O)CNC(=O)c1ccc(Cl)c([N+](=O)[O-])c1)c1ccc(F)cc1. The molecule has 1 amide bonds. The third-order valence-corrected chi connectivity index (χ3v) is 3.77. The van der Waals surface area contributed by atoms with E-state index in [1.807, 2.05) is 0 Å². The first-order valence-corrected chi connectivity index (χ1v) is 7.83. The van der Waals surface area contributed by atoms with E-state index in [1.165, 1.54) is 36.4 Å². The lowest BCUT2D eigenvalue weighted by Crippen LogP contribution is -2.31. The summed E-state index contributed by atoms with van der Waals surface area (Å²) in [5, 5.41) is 13.0. The van der Waals surface area contributed by atoms with Gasteiger partial charge in [-0.1, -0.05) is 23.7 Å². The van der Waals surface area contributed by atoms with Crippen LogP contribution in [0.5, 0.6) is 0 Å². The smallest absolute Gasteiger partial charge is 0.326 e. The zero-order valence-corrected chi connectivity index (χ0v) is 14.3. The predicted octanol–water partition coefficient (Wildman–Crippen LogP) is 3.42. The van der Waals surface area contributed by atoms with Crippen LogP contribution in [0.2, 0.25) is 5.02 Å². The number of amides is 1. The van der Waals surface area contributed by atoms with Gasteiger partial charge in [-0.15, -0.1) is 0 Å². The van der Waals surface area contributed by atoms with Gasteiger partial charge >= 0.3 is 5.97 Å². The van der Waals surface area contributed by atoms with E-state index in [2.05, 4.69) is 5.32 Å². The van der Waals surface area contributed by atoms with E-state index in [1.54, 1.807) is 6.92 Å². The number of benzene rings is 2. The molecule has 0 bridgehead atoms. The summed E-state index contributed by atoms with van der Waals surface area (Å²) in [6, 6.07) is 9.01. The van der Waals surface area contributed by atoms with E-state index in [0.29, 0.717) is 5.56 Å². The normalized spacial score (nSPS) is 11.5. The predicted molar refractivity (Wildman–Crippen MR) is 91.3 cm³/mol. The molecule has 2 rings (SSSR count). The highest BCUT2D eigenvalue weighted by Gasteiger charge is 2.18. The van der Waals surface area contributed by atoms with Gasteiger partial charge in [0.25, 0.3) is 11.6 Å². The second kappa shape index (κ2) is 8.39. The number of esters is 1. The molecule has 0 fully saturated rings. The second-order valence-electron chi connectivity index (χ2n) is 5.29. The number of ether oxygens (including phenoxy) is 1. The Kier molecular flexibility index (Phi) is 6.24. The van der Waals surface area contributed by atoms with Gasteiger partial charge in [0.1, 0.15) is 23.5 Å². The van der Waals surface area contributed by atoms with E-state index in [0.717, 1.165) is 6.07 Å². The van der Waals surface area contributed by atoms with E-state index in [4.69, 9.17) is 16.3 Å². The maximum Gasteiger partial charge on any atom is 0.326 e. The average Bonchev–Trinajstić information content (AvgIpc) is 2.60. The first-order valence-electron chi connectivity index (χ1n) is 7.45. The molecule has 0 aliphatic carbocycles. The van der Waals surface area contributed by atoms with Crippen molar-refractivity contribution in [1.82, 2.24) is 5.32 Å². The van der Waals surface area contributed by atoms with Crippen LogP contribution in [-0.2, 0) is 9.53 Å². The number of hydrogen-bond donors (Lipinski definition) is 1. The maximum atomic E-state index is 12.9. The highest BCUT2D eigenvalue weighted by Crippen LogP contribution is 2.25. The summed E-state index contributed by atoms with van der Waals surface area (Å²) in [7, 11) is 0. The van der Waals surface area contributed by atoms with Gasteiger partial charge < -0.3 is 10.1 Å². The van der Waals surface area contributed by atoms with Crippen molar-refractivity contribution in [3.63, 3.8) is 0 Å². The van der Waals surface area contributed by atoms with Crippen molar-refractivity contribution in [3.8, 4) is 0 Å². The Balaban J connectivity index is 1.92. The van der Waals surface area contributed by atoms with Gasteiger partial charge in [0.05, 0.1) is 4.92 Å². The quantitative estimate of drug-likeness (QED) is 0.470. The fourth-order valence-electron chi connectivity index (χ4n) is 2.09. The number of nitro benzene ring substituents is 1. The molecule has 0 saturated carbocycles. The number of carbonyl (C=O) groups excluding carboxylic acids is 2. The maximum absolute atomic E-state index is 12.9. The molecule has 7 nitrogen and oxygen atoms in total. The lowest BCUT2D eigenvalue weighted by Gasteiger charge is -2.14. The number of hydrogen-bond acceptors (Lipinski definition) is 5. The number of carbonyl (C=O) groups is 2. The lowest BCUT2D eigenvalue weighted by molar-refractivity contribution is -0.384. The topological polar surface area (TPSA) is 98.5 Å². The van der Waals surface area contributed by atoms with Gasteiger partial charge in [0.2, 0.25) is 0 Å². The molecule has 0 aliphatic rings. The lowest BCUT2D eigenvalue weighted by atomic mass is 10.1. The summed E-state index contributed by atoms with van der Waals surface area (Å²) in [5.41, 5.74) is 0.173. The van der Waals surface area contributed by atoms with Crippen LogP contribution in [0, 0.1) is 15.9 Å². The second-order valence-corrected chi connectivity index (χ2v) is 5.70. The van der Waals surface area contributed by atoms with Gasteiger partial charge in [0.15, 0.2) is 0 Å². The van der Waals surface area contributed by atoms with Crippen molar-refractivity contribution >= 4 is 29.2 Å². The Morgan fingerprint density at radius 1 is 1.27 bits per heavy atom. The molecule has 0 radical (unpaired) electrons. The van der Waals surface area contributed by atoms with Crippen LogP contribution in [0.15, 0.2) is 42.5 Å². The zero-order valence-electron chi connectivity index (χ0n) is 13.6. The minimum atomic E-state index is -0.711. The minimum absolute atomic E-state index is 0.0134. The Morgan fingerprint density at radius 3 is 2.54 bits per heavy atom. The van der Waals surface area contributed by atoms with Gasteiger partial charge in [-0.2, -0.15) is 0 Å². The molecule has 0 unspecified atom stereocenters. The molecule has 0 spiro atoms. The van der Waals surface area contributed by atoms with Crippen molar-refractivity contribution in [1.29, 1.82) is 0 Å². The van der Waals surface area contributed by atoms with Crippen LogP contribution in [-0.4, -0.2) is 23.3 Å². The highest BCUT2D eigenvalue weighted by molar-refractivity contribution is 6.32. The molecule has 1 atom stereocenters. The summed E-state index contributed by atoms with van der Waals surface area (Å²) < 4.78 is 18.0. The van der Waals surface area contributed by atoms with Gasteiger partial charge in [-0.05, 0) is 36.8 Å². The fraction of sp³-hybridized carbons (Fsp3) is 0.176. The van der Waals surface area contributed by atoms with E-state index >= 15 is 0 Å². The molecule has 2 aromatic carbocycles. The molecule has 0 heterocycles. The number of halogens is 2. The van der Waals surface area contributed by atoms with Gasteiger partial charge in [-0.25, -0.2) is 4.39 Å². The minimum Gasteiger partial charge on any atom is -0.456 e. The largest absolute Gasteiger partial charge is 0.456 e. The molecule has 0 aliphatic heterocycles. The average molecular weight is 381 g/mol. The Labute approximate surface area is 152 Å². The Morgan fingerprint density at radius 2 is 1.92 bits per heavy atom. The first kappa shape index (κ1) is 19.3. The number of nitrogens with one attached hydrogen (secondary N) is 1. The van der Waals surface area contributed by atoms with Crippen molar-refractivity contribution in [2.45, 2.75) is 13.0 Å². The molecule has 0 aromatic heterocycles. The van der Waals surface area contributed by atoms with Crippen molar-refractivity contribution in [2.75, 3.05) is 6.54 Å². The fourth-order valence-corrected chi connectivity index (χ4v) is 2.28. The molecular formula is C17H14ClFN2O5. The Bertz CT molecular complexity index is 842. The molecule has 0 saturated heterocycles. The zero-order chi connectivity index (χ0) is 19.3. The number of rotatable bonds is 6. The molecule has 1 N–H and O–H groups in total. The van der Waals surface area contributed by atoms with Crippen LogP contribution in [0.25, 0.3) is 0 Å². The van der Waals surface area contributed by atoms with Crippen molar-refractivity contribution in [3.05, 3.63) is 74.5 Å². The van der Waals surface area contributed by atoms with Gasteiger partial charge in [-0.3, -0.25) is 19.7 Å². The van der Waals surface area contributed by atoms with Crippen LogP contribution >= 0.6 is 11.6 Å². The monoisotopic (exact) mass is 380 g/mol. The van der Waals surface area contributed by atoms with E-state index < -0.39 is 41.0 Å². The van der Waals surface area contributed by atoms with Crippen LogP contribution in [0.3, 0.4) is 0 Å².